The van der Waals surface area contributed by atoms with Gasteiger partial charge in [0, 0.05) is 38.4 Å². The molecular formula is C23H37FN2O2. The van der Waals surface area contributed by atoms with Crippen LogP contribution >= 0.6 is 0 Å². The van der Waals surface area contributed by atoms with E-state index in [1.807, 2.05) is 12.1 Å². The molecule has 0 spiro atoms. The fraction of sp³-hybridized carbons (Fsp3) is 0.739. The van der Waals surface area contributed by atoms with E-state index in [0.717, 1.165) is 50.6 Å². The lowest BCUT2D eigenvalue weighted by molar-refractivity contribution is -0.0446. The van der Waals surface area contributed by atoms with Gasteiger partial charge in [0.2, 0.25) is 0 Å². The van der Waals surface area contributed by atoms with Crippen LogP contribution < -0.4 is 4.90 Å². The average Bonchev–Trinajstić information content (AvgIpc) is 2.67. The number of hydrogen-bond acceptors (Lipinski definition) is 4. The molecule has 2 fully saturated rings. The zero-order chi connectivity index (χ0) is 20.1. The number of hydrogen-bond donors (Lipinski definition) is 1. The lowest BCUT2D eigenvalue weighted by Crippen LogP contribution is -2.49. The molecule has 1 aliphatic carbocycles. The fourth-order valence-corrected chi connectivity index (χ4v) is 4.53. The van der Waals surface area contributed by atoms with Gasteiger partial charge in [0.25, 0.3) is 0 Å². The molecule has 0 radical (unpaired) electrons. The highest BCUT2D eigenvalue weighted by Crippen LogP contribution is 2.38. The molecule has 158 valence electrons. The summed E-state index contributed by atoms with van der Waals surface area (Å²) in [6, 6.07) is 6.69. The third-order valence-electron chi connectivity index (χ3n) is 6.46. The Morgan fingerprint density at radius 1 is 1.04 bits per heavy atom. The van der Waals surface area contributed by atoms with E-state index < -0.39 is 6.10 Å². The van der Waals surface area contributed by atoms with Gasteiger partial charge < -0.3 is 14.7 Å². The lowest BCUT2D eigenvalue weighted by Gasteiger charge is -2.38. The summed E-state index contributed by atoms with van der Waals surface area (Å²) in [5.74, 6) is 0.590. The van der Waals surface area contributed by atoms with Crippen molar-refractivity contribution in [3.63, 3.8) is 0 Å². The van der Waals surface area contributed by atoms with Crippen LogP contribution in [-0.4, -0.2) is 61.5 Å². The minimum Gasteiger partial charge on any atom is -0.389 e. The molecule has 0 bridgehead atoms. The molecule has 1 heterocycles. The van der Waals surface area contributed by atoms with E-state index in [-0.39, 0.29) is 5.82 Å². The number of aliphatic hydroxyl groups excluding tert-OH is 1. The topological polar surface area (TPSA) is 35.9 Å². The van der Waals surface area contributed by atoms with Crippen LogP contribution in [0.1, 0.15) is 46.5 Å². The first kappa shape index (κ1) is 21.5. The van der Waals surface area contributed by atoms with Crippen molar-refractivity contribution in [3.05, 3.63) is 30.1 Å². The molecular weight excluding hydrogens is 355 g/mol. The second-order valence-corrected chi connectivity index (χ2v) is 9.59. The molecule has 1 N–H and O–H groups in total. The van der Waals surface area contributed by atoms with Crippen molar-refractivity contribution in [3.8, 4) is 0 Å². The van der Waals surface area contributed by atoms with E-state index in [4.69, 9.17) is 4.74 Å². The zero-order valence-corrected chi connectivity index (χ0v) is 17.7. The predicted molar refractivity (Wildman–Crippen MR) is 112 cm³/mol. The lowest BCUT2D eigenvalue weighted by atomic mass is 9.72. The number of halogens is 1. The Kier molecular flexibility index (Phi) is 7.35. The van der Waals surface area contributed by atoms with Gasteiger partial charge in [-0.25, -0.2) is 4.39 Å². The third kappa shape index (κ3) is 6.16. The first-order chi connectivity index (χ1) is 13.3. The number of ether oxygens (including phenoxy) is 1. The number of benzene rings is 1. The van der Waals surface area contributed by atoms with E-state index in [0.29, 0.717) is 24.7 Å². The third-order valence-corrected chi connectivity index (χ3v) is 6.46. The molecule has 1 saturated heterocycles. The quantitative estimate of drug-likeness (QED) is 0.796. The standard InChI is InChI=1S/C23H37FN2O2/c1-23(2,3)18-4-10-22(11-5-18)28-17-21(27)16-25-12-14-26(15-13-25)20-8-6-19(24)7-9-20/h6-9,18,21-22,27H,4-5,10-17H2,1-3H3. The largest absolute Gasteiger partial charge is 0.389 e. The number of aliphatic hydroxyl groups is 1. The van der Waals surface area contributed by atoms with E-state index in [2.05, 4.69) is 30.6 Å². The highest BCUT2D eigenvalue weighted by Gasteiger charge is 2.30. The smallest absolute Gasteiger partial charge is 0.123 e. The second-order valence-electron chi connectivity index (χ2n) is 9.59. The average molecular weight is 393 g/mol. The Hall–Kier alpha value is -1.17. The molecule has 2 aliphatic rings. The van der Waals surface area contributed by atoms with Gasteiger partial charge in [-0.15, -0.1) is 0 Å². The molecule has 1 unspecified atom stereocenters. The maximum absolute atomic E-state index is 13.1. The summed E-state index contributed by atoms with van der Waals surface area (Å²) in [6.07, 6.45) is 4.57. The van der Waals surface area contributed by atoms with E-state index in [1.165, 1.54) is 25.0 Å². The number of nitrogens with zero attached hydrogens (tertiary/aromatic N) is 2. The number of piperazine rings is 1. The molecule has 28 heavy (non-hydrogen) atoms. The summed E-state index contributed by atoms with van der Waals surface area (Å²) in [4.78, 5) is 4.57. The van der Waals surface area contributed by atoms with Crippen LogP contribution in [0.3, 0.4) is 0 Å². The Morgan fingerprint density at radius 2 is 1.64 bits per heavy atom. The summed E-state index contributed by atoms with van der Waals surface area (Å²) in [5, 5.41) is 10.4. The van der Waals surface area contributed by atoms with Crippen molar-refractivity contribution < 1.29 is 14.2 Å². The van der Waals surface area contributed by atoms with Gasteiger partial charge in [-0.2, -0.15) is 0 Å². The van der Waals surface area contributed by atoms with Gasteiger partial charge in [-0.05, 0) is 61.3 Å². The number of anilines is 1. The molecule has 4 nitrogen and oxygen atoms in total. The van der Waals surface area contributed by atoms with E-state index in [1.54, 1.807) is 0 Å². The molecule has 0 aromatic heterocycles. The minimum atomic E-state index is -0.433. The van der Waals surface area contributed by atoms with Gasteiger partial charge in [-0.3, -0.25) is 4.90 Å². The Labute approximate surface area is 169 Å². The predicted octanol–water partition coefficient (Wildman–Crippen LogP) is 3.93. The zero-order valence-electron chi connectivity index (χ0n) is 17.7. The first-order valence-electron chi connectivity index (χ1n) is 10.8. The van der Waals surface area contributed by atoms with Crippen molar-refractivity contribution in [2.75, 3.05) is 44.2 Å². The van der Waals surface area contributed by atoms with Crippen molar-refractivity contribution in [2.24, 2.45) is 11.3 Å². The highest BCUT2D eigenvalue weighted by molar-refractivity contribution is 5.46. The van der Waals surface area contributed by atoms with Crippen LogP contribution in [0.4, 0.5) is 10.1 Å². The van der Waals surface area contributed by atoms with Crippen molar-refractivity contribution in [1.29, 1.82) is 0 Å². The molecule has 1 saturated carbocycles. The van der Waals surface area contributed by atoms with E-state index >= 15 is 0 Å². The molecule has 0 amide bonds. The number of rotatable bonds is 6. The van der Waals surface area contributed by atoms with Crippen LogP contribution in [0, 0.1) is 17.2 Å². The minimum absolute atomic E-state index is 0.197. The van der Waals surface area contributed by atoms with Crippen molar-refractivity contribution in [2.45, 2.75) is 58.7 Å². The van der Waals surface area contributed by atoms with Crippen LogP contribution in [-0.2, 0) is 4.74 Å². The van der Waals surface area contributed by atoms with Gasteiger partial charge in [0.05, 0.1) is 18.8 Å². The molecule has 1 atom stereocenters. The molecule has 5 heteroatoms. The highest BCUT2D eigenvalue weighted by atomic mass is 19.1. The normalized spacial score (nSPS) is 25.7. The Bertz CT molecular complexity index is 586. The van der Waals surface area contributed by atoms with Crippen LogP contribution in [0.25, 0.3) is 0 Å². The van der Waals surface area contributed by atoms with Gasteiger partial charge in [0.15, 0.2) is 0 Å². The second kappa shape index (κ2) is 9.55. The summed E-state index contributed by atoms with van der Waals surface area (Å²) < 4.78 is 19.1. The first-order valence-corrected chi connectivity index (χ1v) is 10.8. The molecule has 1 aromatic rings. The van der Waals surface area contributed by atoms with E-state index in [9.17, 15) is 9.50 Å². The molecule has 3 rings (SSSR count). The van der Waals surface area contributed by atoms with Crippen molar-refractivity contribution >= 4 is 5.69 Å². The van der Waals surface area contributed by atoms with Crippen LogP contribution in [0.5, 0.6) is 0 Å². The maximum atomic E-state index is 13.1. The van der Waals surface area contributed by atoms with Crippen molar-refractivity contribution in [1.82, 2.24) is 4.90 Å². The summed E-state index contributed by atoms with van der Waals surface area (Å²) >= 11 is 0. The van der Waals surface area contributed by atoms with Gasteiger partial charge >= 0.3 is 0 Å². The Morgan fingerprint density at radius 3 is 2.21 bits per heavy atom. The molecule has 1 aromatic carbocycles. The Balaban J connectivity index is 1.33. The van der Waals surface area contributed by atoms with Crippen LogP contribution in [0.2, 0.25) is 0 Å². The fourth-order valence-electron chi connectivity index (χ4n) is 4.53. The number of β-amino-alcohol motifs (C(OH)–C–C–N with tert-alkyl or cyclic N) is 1. The van der Waals surface area contributed by atoms with Gasteiger partial charge in [-0.1, -0.05) is 20.8 Å². The molecule has 1 aliphatic heterocycles. The van der Waals surface area contributed by atoms with Gasteiger partial charge in [0.1, 0.15) is 5.82 Å². The summed E-state index contributed by atoms with van der Waals surface area (Å²) in [6.45, 7) is 11.7. The van der Waals surface area contributed by atoms with Crippen LogP contribution in [0.15, 0.2) is 24.3 Å². The summed E-state index contributed by atoms with van der Waals surface area (Å²) in [5.41, 5.74) is 1.45. The monoisotopic (exact) mass is 392 g/mol. The SMILES string of the molecule is CC(C)(C)C1CCC(OCC(O)CN2CCN(c3ccc(F)cc3)CC2)CC1. The summed E-state index contributed by atoms with van der Waals surface area (Å²) in [7, 11) is 0. The maximum Gasteiger partial charge on any atom is 0.123 e.